The van der Waals surface area contributed by atoms with Crippen LogP contribution >= 0.6 is 0 Å². The number of para-hydroxylation sites is 1. The zero-order chi connectivity index (χ0) is 23.9. The number of amides is 2. The molecular weight excluding hydrogens is 432 g/mol. The average Bonchev–Trinajstić information content (AvgIpc) is 3.34. The smallest absolute Gasteiger partial charge is 0.325 e. The normalized spacial score (nSPS) is 14.8. The van der Waals surface area contributed by atoms with E-state index >= 15 is 0 Å². The number of hydrazone groups is 1. The lowest BCUT2D eigenvalue weighted by Gasteiger charge is -2.23. The van der Waals surface area contributed by atoms with Crippen molar-refractivity contribution in [2.75, 3.05) is 24.0 Å². The molecule has 3 aromatic carbocycles. The minimum atomic E-state index is -0.534. The first-order valence-electron chi connectivity index (χ1n) is 10.8. The van der Waals surface area contributed by atoms with Gasteiger partial charge in [0.15, 0.2) is 0 Å². The van der Waals surface area contributed by atoms with Gasteiger partial charge in [-0.3, -0.25) is 19.4 Å². The van der Waals surface area contributed by atoms with Gasteiger partial charge in [-0.05, 0) is 42.0 Å². The summed E-state index contributed by atoms with van der Waals surface area (Å²) in [5, 5.41) is 11.8. The molecule has 2 N–H and O–H groups in total. The van der Waals surface area contributed by atoms with Crippen molar-refractivity contribution in [3.05, 3.63) is 96.1 Å². The molecular formula is C26H24N4O4. The molecule has 0 radical (unpaired) electrons. The fraction of sp³-hybridized carbons (Fsp3) is 0.154. The van der Waals surface area contributed by atoms with Crippen LogP contribution in [-0.4, -0.2) is 37.1 Å². The van der Waals surface area contributed by atoms with Crippen LogP contribution in [0.25, 0.3) is 0 Å². The Labute approximate surface area is 197 Å². The Kier molecular flexibility index (Phi) is 6.98. The summed E-state index contributed by atoms with van der Waals surface area (Å²) in [6.07, 6.45) is 0.457. The van der Waals surface area contributed by atoms with Crippen LogP contribution in [0.15, 0.2) is 90.0 Å². The fourth-order valence-electron chi connectivity index (χ4n) is 3.64. The SMILES string of the molecule is COC(=O)CNC(=O)c1ccc(NC(=O)C2=NN(c3ccccc3)C(c3ccccc3)C2)cc1. The summed E-state index contributed by atoms with van der Waals surface area (Å²) in [6, 6.07) is 26.0. The van der Waals surface area contributed by atoms with Crippen molar-refractivity contribution in [1.82, 2.24) is 5.32 Å². The van der Waals surface area contributed by atoms with Crippen molar-refractivity contribution < 1.29 is 19.1 Å². The molecule has 1 aliphatic heterocycles. The maximum atomic E-state index is 13.0. The van der Waals surface area contributed by atoms with E-state index in [-0.39, 0.29) is 18.5 Å². The van der Waals surface area contributed by atoms with E-state index in [1.807, 2.05) is 65.7 Å². The van der Waals surface area contributed by atoms with E-state index in [1.54, 1.807) is 24.3 Å². The van der Waals surface area contributed by atoms with Gasteiger partial charge < -0.3 is 15.4 Å². The van der Waals surface area contributed by atoms with Crippen molar-refractivity contribution in [2.24, 2.45) is 5.10 Å². The van der Waals surface area contributed by atoms with Gasteiger partial charge in [-0.15, -0.1) is 0 Å². The molecule has 4 rings (SSSR count). The van der Waals surface area contributed by atoms with Crippen LogP contribution < -0.4 is 15.6 Å². The largest absolute Gasteiger partial charge is 0.468 e. The summed E-state index contributed by atoms with van der Waals surface area (Å²) in [5.41, 5.74) is 3.28. The number of rotatable bonds is 7. The Balaban J connectivity index is 1.46. The number of hydrogen-bond acceptors (Lipinski definition) is 6. The molecule has 0 bridgehead atoms. The van der Waals surface area contributed by atoms with Gasteiger partial charge in [0.25, 0.3) is 11.8 Å². The van der Waals surface area contributed by atoms with Gasteiger partial charge in [0.2, 0.25) is 0 Å². The monoisotopic (exact) mass is 456 g/mol. The third-order valence-corrected chi connectivity index (χ3v) is 5.40. The molecule has 1 heterocycles. The Morgan fingerprint density at radius 2 is 1.56 bits per heavy atom. The van der Waals surface area contributed by atoms with E-state index in [0.29, 0.717) is 23.4 Å². The minimum Gasteiger partial charge on any atom is -0.468 e. The summed E-state index contributed by atoms with van der Waals surface area (Å²) >= 11 is 0. The Bertz CT molecular complexity index is 1190. The van der Waals surface area contributed by atoms with Gasteiger partial charge in [-0.25, -0.2) is 0 Å². The molecule has 0 aliphatic carbocycles. The van der Waals surface area contributed by atoms with Crippen LogP contribution in [0.4, 0.5) is 11.4 Å². The van der Waals surface area contributed by atoms with E-state index in [4.69, 9.17) is 0 Å². The van der Waals surface area contributed by atoms with E-state index in [2.05, 4.69) is 20.5 Å². The van der Waals surface area contributed by atoms with E-state index in [1.165, 1.54) is 7.11 Å². The molecule has 8 heteroatoms. The van der Waals surface area contributed by atoms with E-state index in [9.17, 15) is 14.4 Å². The van der Waals surface area contributed by atoms with Crippen LogP contribution in [0.5, 0.6) is 0 Å². The maximum Gasteiger partial charge on any atom is 0.325 e. The molecule has 34 heavy (non-hydrogen) atoms. The molecule has 1 aliphatic rings. The number of methoxy groups -OCH3 is 1. The van der Waals surface area contributed by atoms with Crippen LogP contribution in [0.2, 0.25) is 0 Å². The first-order chi connectivity index (χ1) is 16.5. The Morgan fingerprint density at radius 3 is 2.21 bits per heavy atom. The third kappa shape index (κ3) is 5.29. The summed E-state index contributed by atoms with van der Waals surface area (Å²) < 4.78 is 4.50. The highest BCUT2D eigenvalue weighted by Gasteiger charge is 2.32. The van der Waals surface area contributed by atoms with Crippen molar-refractivity contribution in [1.29, 1.82) is 0 Å². The molecule has 0 fully saturated rings. The van der Waals surface area contributed by atoms with Crippen LogP contribution in [0.3, 0.4) is 0 Å². The number of nitrogens with zero attached hydrogens (tertiary/aromatic N) is 2. The minimum absolute atomic E-state index is 0.0924. The molecule has 1 unspecified atom stereocenters. The number of ether oxygens (including phenoxy) is 1. The predicted molar refractivity (Wildman–Crippen MR) is 130 cm³/mol. The van der Waals surface area contributed by atoms with Crippen molar-refractivity contribution in [3.63, 3.8) is 0 Å². The topological polar surface area (TPSA) is 100 Å². The summed E-state index contributed by atoms with van der Waals surface area (Å²) in [5.74, 6) is -1.25. The molecule has 8 nitrogen and oxygen atoms in total. The maximum absolute atomic E-state index is 13.0. The number of esters is 1. The number of carbonyl (C=O) groups excluding carboxylic acids is 3. The average molecular weight is 457 g/mol. The highest BCUT2D eigenvalue weighted by atomic mass is 16.5. The number of carbonyl (C=O) groups is 3. The zero-order valence-corrected chi connectivity index (χ0v) is 18.6. The number of anilines is 2. The van der Waals surface area contributed by atoms with E-state index in [0.717, 1.165) is 11.3 Å². The van der Waals surface area contributed by atoms with Gasteiger partial charge >= 0.3 is 5.97 Å². The molecule has 0 saturated heterocycles. The van der Waals surface area contributed by atoms with Gasteiger partial charge in [0, 0.05) is 17.7 Å². The van der Waals surface area contributed by atoms with E-state index < -0.39 is 11.9 Å². The first kappa shape index (κ1) is 22.7. The standard InChI is InChI=1S/C26H24N4O4/c1-34-24(31)17-27-25(32)19-12-14-20(15-13-19)28-26(33)22-16-23(18-8-4-2-5-9-18)30(29-22)21-10-6-3-7-11-21/h2-15,23H,16-17H2,1H3,(H,27,32)(H,28,33). The molecule has 172 valence electrons. The quantitative estimate of drug-likeness (QED) is 0.530. The van der Waals surface area contributed by atoms with Crippen molar-refractivity contribution >= 4 is 34.9 Å². The highest BCUT2D eigenvalue weighted by Crippen LogP contribution is 2.35. The molecule has 0 aromatic heterocycles. The highest BCUT2D eigenvalue weighted by molar-refractivity contribution is 6.43. The van der Waals surface area contributed by atoms with Gasteiger partial charge in [-0.1, -0.05) is 48.5 Å². The number of benzene rings is 3. The molecule has 3 aromatic rings. The van der Waals surface area contributed by atoms with Crippen LogP contribution in [0.1, 0.15) is 28.4 Å². The van der Waals surface area contributed by atoms with Crippen molar-refractivity contribution in [3.8, 4) is 0 Å². The van der Waals surface area contributed by atoms with Crippen LogP contribution in [-0.2, 0) is 14.3 Å². The van der Waals surface area contributed by atoms with Gasteiger partial charge in [0.1, 0.15) is 12.3 Å². The number of nitrogens with one attached hydrogen (secondary N) is 2. The fourth-order valence-corrected chi connectivity index (χ4v) is 3.64. The molecule has 0 saturated carbocycles. The molecule has 0 spiro atoms. The van der Waals surface area contributed by atoms with Crippen LogP contribution in [0, 0.1) is 0 Å². The molecule has 1 atom stereocenters. The summed E-state index contributed by atoms with van der Waals surface area (Å²) in [7, 11) is 1.25. The third-order valence-electron chi connectivity index (χ3n) is 5.40. The Morgan fingerprint density at radius 1 is 0.912 bits per heavy atom. The summed E-state index contributed by atoms with van der Waals surface area (Å²) in [6.45, 7) is -0.214. The van der Waals surface area contributed by atoms with Gasteiger partial charge in [0.05, 0.1) is 18.8 Å². The molecule has 2 amide bonds. The lowest BCUT2D eigenvalue weighted by Crippen LogP contribution is -2.30. The lowest BCUT2D eigenvalue weighted by molar-refractivity contribution is -0.139. The second-order valence-corrected chi connectivity index (χ2v) is 7.65. The predicted octanol–water partition coefficient (Wildman–Crippen LogP) is 3.54. The van der Waals surface area contributed by atoms with Gasteiger partial charge in [-0.2, -0.15) is 5.10 Å². The Hall–Kier alpha value is -4.46. The summed E-state index contributed by atoms with van der Waals surface area (Å²) in [4.78, 5) is 36.3. The zero-order valence-electron chi connectivity index (χ0n) is 18.6. The first-order valence-corrected chi connectivity index (χ1v) is 10.8. The van der Waals surface area contributed by atoms with Crippen molar-refractivity contribution in [2.45, 2.75) is 12.5 Å². The second kappa shape index (κ2) is 10.4. The second-order valence-electron chi connectivity index (χ2n) is 7.65. The lowest BCUT2D eigenvalue weighted by atomic mass is 10.0. The number of hydrogen-bond donors (Lipinski definition) is 2.